The molecule has 1 N–H and O–H groups in total. The molecule has 0 saturated carbocycles. The Morgan fingerprint density at radius 3 is 2.67 bits per heavy atom. The molecular formula is C15H17BrN2. The van der Waals surface area contributed by atoms with Gasteiger partial charge in [-0.15, -0.1) is 0 Å². The Morgan fingerprint density at radius 2 is 1.94 bits per heavy atom. The standard InChI is InChI=1S/C15H17BrN2/c1-17-11-8-9-18(10-11)15-7-6-14(16)12-4-2-3-5-13(12)15/h2-7,11,17H,8-10H2,1H3. The molecule has 3 rings (SSSR count). The smallest absolute Gasteiger partial charge is 0.0447 e. The predicted molar refractivity (Wildman–Crippen MR) is 81.3 cm³/mol. The average Bonchev–Trinajstić information content (AvgIpc) is 2.88. The monoisotopic (exact) mass is 304 g/mol. The van der Waals surface area contributed by atoms with Gasteiger partial charge in [-0.05, 0) is 31.0 Å². The Balaban J connectivity index is 2.05. The second-order valence-corrected chi connectivity index (χ2v) is 5.69. The summed E-state index contributed by atoms with van der Waals surface area (Å²) in [6.07, 6.45) is 1.22. The molecule has 1 unspecified atom stereocenters. The van der Waals surface area contributed by atoms with E-state index in [1.54, 1.807) is 0 Å². The van der Waals surface area contributed by atoms with Crippen molar-refractivity contribution in [3.63, 3.8) is 0 Å². The van der Waals surface area contributed by atoms with E-state index in [0.717, 1.165) is 13.1 Å². The van der Waals surface area contributed by atoms with Gasteiger partial charge in [-0.1, -0.05) is 40.2 Å². The quantitative estimate of drug-likeness (QED) is 0.915. The number of rotatable bonds is 2. The summed E-state index contributed by atoms with van der Waals surface area (Å²) in [4.78, 5) is 2.48. The lowest BCUT2D eigenvalue weighted by molar-refractivity contribution is 0.617. The number of anilines is 1. The van der Waals surface area contributed by atoms with Crippen molar-refractivity contribution in [2.45, 2.75) is 12.5 Å². The lowest BCUT2D eigenvalue weighted by Gasteiger charge is -2.21. The van der Waals surface area contributed by atoms with Crippen molar-refractivity contribution < 1.29 is 0 Å². The van der Waals surface area contributed by atoms with Gasteiger partial charge in [0, 0.05) is 34.7 Å². The number of hydrogen-bond acceptors (Lipinski definition) is 2. The van der Waals surface area contributed by atoms with Crippen LogP contribution in [0.5, 0.6) is 0 Å². The molecule has 3 heteroatoms. The van der Waals surface area contributed by atoms with Crippen LogP contribution in [0.1, 0.15) is 6.42 Å². The number of halogens is 1. The highest BCUT2D eigenvalue weighted by Crippen LogP contribution is 2.33. The number of benzene rings is 2. The number of hydrogen-bond donors (Lipinski definition) is 1. The second-order valence-electron chi connectivity index (χ2n) is 4.83. The summed E-state index contributed by atoms with van der Waals surface area (Å²) < 4.78 is 1.17. The lowest BCUT2D eigenvalue weighted by Crippen LogP contribution is -2.29. The number of fused-ring (bicyclic) bond motifs is 1. The Morgan fingerprint density at radius 1 is 1.17 bits per heavy atom. The third kappa shape index (κ3) is 2.02. The molecule has 94 valence electrons. The van der Waals surface area contributed by atoms with E-state index in [-0.39, 0.29) is 0 Å². The van der Waals surface area contributed by atoms with E-state index in [0.29, 0.717) is 6.04 Å². The maximum Gasteiger partial charge on any atom is 0.0447 e. The van der Waals surface area contributed by atoms with Crippen molar-refractivity contribution >= 4 is 32.4 Å². The Bertz CT molecular complexity index is 567. The number of nitrogens with one attached hydrogen (secondary N) is 1. The molecule has 1 saturated heterocycles. The van der Waals surface area contributed by atoms with E-state index in [1.165, 1.54) is 27.4 Å². The number of likely N-dealkylation sites (N-methyl/N-ethyl adjacent to an activating group) is 1. The summed E-state index contributed by atoms with van der Waals surface area (Å²) in [5.41, 5.74) is 1.35. The highest BCUT2D eigenvalue weighted by molar-refractivity contribution is 9.10. The van der Waals surface area contributed by atoms with Crippen molar-refractivity contribution in [3.05, 3.63) is 40.9 Å². The van der Waals surface area contributed by atoms with Gasteiger partial charge in [0.2, 0.25) is 0 Å². The fourth-order valence-corrected chi connectivity index (χ4v) is 3.21. The van der Waals surface area contributed by atoms with Gasteiger partial charge < -0.3 is 10.2 Å². The molecule has 1 heterocycles. The normalized spacial score (nSPS) is 19.7. The maximum atomic E-state index is 3.63. The molecule has 0 aromatic heterocycles. The van der Waals surface area contributed by atoms with Crippen molar-refractivity contribution in [1.29, 1.82) is 0 Å². The fourth-order valence-electron chi connectivity index (χ4n) is 2.74. The van der Waals surface area contributed by atoms with E-state index >= 15 is 0 Å². The minimum atomic E-state index is 0.618. The van der Waals surface area contributed by atoms with E-state index in [2.05, 4.69) is 62.5 Å². The molecule has 0 radical (unpaired) electrons. The Labute approximate surface area is 116 Å². The second kappa shape index (κ2) is 4.90. The summed E-state index contributed by atoms with van der Waals surface area (Å²) in [6, 6.07) is 13.6. The van der Waals surface area contributed by atoms with Crippen LogP contribution in [0.3, 0.4) is 0 Å². The topological polar surface area (TPSA) is 15.3 Å². The van der Waals surface area contributed by atoms with Gasteiger partial charge in [0.25, 0.3) is 0 Å². The van der Waals surface area contributed by atoms with Crippen LogP contribution in [0.25, 0.3) is 10.8 Å². The zero-order chi connectivity index (χ0) is 12.5. The van der Waals surface area contributed by atoms with Crippen molar-refractivity contribution in [3.8, 4) is 0 Å². The molecule has 0 bridgehead atoms. The third-order valence-electron chi connectivity index (χ3n) is 3.79. The number of nitrogens with zero attached hydrogens (tertiary/aromatic N) is 1. The molecule has 2 aromatic rings. The molecule has 1 fully saturated rings. The van der Waals surface area contributed by atoms with Crippen LogP contribution in [0, 0.1) is 0 Å². The van der Waals surface area contributed by atoms with Crippen LogP contribution in [0.15, 0.2) is 40.9 Å². The molecular weight excluding hydrogens is 288 g/mol. The summed E-state index contributed by atoms with van der Waals surface area (Å²) in [5.74, 6) is 0. The minimum Gasteiger partial charge on any atom is -0.369 e. The van der Waals surface area contributed by atoms with Gasteiger partial charge in [-0.3, -0.25) is 0 Å². The van der Waals surface area contributed by atoms with Crippen LogP contribution < -0.4 is 10.2 Å². The Kier molecular flexibility index (Phi) is 3.27. The third-order valence-corrected chi connectivity index (χ3v) is 4.48. The predicted octanol–water partition coefficient (Wildman–Crippen LogP) is 3.40. The van der Waals surface area contributed by atoms with Crippen molar-refractivity contribution in [1.82, 2.24) is 5.32 Å². The van der Waals surface area contributed by atoms with Gasteiger partial charge in [0.15, 0.2) is 0 Å². The first kappa shape index (κ1) is 12.0. The minimum absolute atomic E-state index is 0.618. The molecule has 0 spiro atoms. The van der Waals surface area contributed by atoms with E-state index in [1.807, 2.05) is 7.05 Å². The van der Waals surface area contributed by atoms with Gasteiger partial charge in [-0.25, -0.2) is 0 Å². The first-order valence-electron chi connectivity index (χ1n) is 6.39. The molecule has 18 heavy (non-hydrogen) atoms. The summed E-state index contributed by atoms with van der Waals surface area (Å²) in [7, 11) is 2.05. The van der Waals surface area contributed by atoms with Gasteiger partial charge in [0.1, 0.15) is 0 Å². The van der Waals surface area contributed by atoms with Crippen LogP contribution in [-0.4, -0.2) is 26.2 Å². The van der Waals surface area contributed by atoms with Gasteiger partial charge >= 0.3 is 0 Å². The first-order chi connectivity index (χ1) is 8.79. The zero-order valence-corrected chi connectivity index (χ0v) is 12.1. The zero-order valence-electron chi connectivity index (χ0n) is 10.5. The van der Waals surface area contributed by atoms with Crippen LogP contribution in [-0.2, 0) is 0 Å². The average molecular weight is 305 g/mol. The van der Waals surface area contributed by atoms with Crippen LogP contribution in [0.4, 0.5) is 5.69 Å². The summed E-state index contributed by atoms with van der Waals surface area (Å²) in [6.45, 7) is 2.24. The fraction of sp³-hybridized carbons (Fsp3) is 0.333. The molecule has 2 nitrogen and oxygen atoms in total. The SMILES string of the molecule is CNC1CCN(c2ccc(Br)c3ccccc23)C1. The van der Waals surface area contributed by atoms with E-state index in [9.17, 15) is 0 Å². The van der Waals surface area contributed by atoms with Crippen LogP contribution in [0.2, 0.25) is 0 Å². The summed E-state index contributed by atoms with van der Waals surface area (Å²) in [5, 5.41) is 6.00. The molecule has 1 aliphatic heterocycles. The van der Waals surface area contributed by atoms with E-state index < -0.39 is 0 Å². The van der Waals surface area contributed by atoms with Gasteiger partial charge in [0.05, 0.1) is 0 Å². The van der Waals surface area contributed by atoms with Crippen molar-refractivity contribution in [2.24, 2.45) is 0 Å². The molecule has 1 atom stereocenters. The largest absolute Gasteiger partial charge is 0.369 e. The van der Waals surface area contributed by atoms with E-state index in [4.69, 9.17) is 0 Å². The molecule has 0 amide bonds. The lowest BCUT2D eigenvalue weighted by atomic mass is 10.1. The molecule has 0 aliphatic carbocycles. The Hall–Kier alpha value is -1.06. The van der Waals surface area contributed by atoms with Crippen LogP contribution >= 0.6 is 15.9 Å². The first-order valence-corrected chi connectivity index (χ1v) is 7.18. The van der Waals surface area contributed by atoms with Crippen molar-refractivity contribution in [2.75, 3.05) is 25.0 Å². The summed E-state index contributed by atoms with van der Waals surface area (Å²) >= 11 is 3.63. The highest BCUT2D eigenvalue weighted by Gasteiger charge is 2.22. The highest BCUT2D eigenvalue weighted by atomic mass is 79.9. The molecule has 1 aliphatic rings. The maximum absolute atomic E-state index is 3.63. The molecule has 2 aromatic carbocycles. The van der Waals surface area contributed by atoms with Gasteiger partial charge in [-0.2, -0.15) is 0 Å².